The highest BCUT2D eigenvalue weighted by Gasteiger charge is 2.20. The lowest BCUT2D eigenvalue weighted by Crippen LogP contribution is -2.26. The lowest BCUT2D eigenvalue weighted by molar-refractivity contribution is 0.0591. The van der Waals surface area contributed by atoms with E-state index in [-0.39, 0.29) is 4.90 Å². The maximum absolute atomic E-state index is 13.1. The molecule has 3 aromatic heterocycles. The number of aryl methyl sites for hydroxylation is 1. The summed E-state index contributed by atoms with van der Waals surface area (Å²) in [4.78, 5) is 9.41. The van der Waals surface area contributed by atoms with Gasteiger partial charge < -0.3 is 15.5 Å². The molecule has 0 unspecified atom stereocenters. The zero-order valence-corrected chi connectivity index (χ0v) is 27.1. The Morgan fingerprint density at radius 2 is 1.61 bits per heavy atom. The molecule has 4 N–H and O–H groups in total. The molecule has 0 atom stereocenters. The monoisotopic (exact) mass is 636 g/mol. The Bertz CT molecular complexity index is 2180. The number of aromatic nitrogens is 4. The Labute approximate surface area is 267 Å². The number of hydrogen-bond donors (Lipinski definition) is 4. The van der Waals surface area contributed by atoms with Gasteiger partial charge in [0.25, 0.3) is 10.0 Å². The van der Waals surface area contributed by atoms with Crippen molar-refractivity contribution in [3.63, 3.8) is 0 Å². The summed E-state index contributed by atoms with van der Waals surface area (Å²) in [5.41, 5.74) is 3.38. The van der Waals surface area contributed by atoms with Crippen LogP contribution in [0.4, 0.5) is 17.2 Å². The largest absolute Gasteiger partial charge is 0.389 e. The molecule has 236 valence electrons. The quantitative estimate of drug-likeness (QED) is 0.141. The highest BCUT2D eigenvalue weighted by atomic mass is 32.2. The van der Waals surface area contributed by atoms with Crippen molar-refractivity contribution in [1.29, 1.82) is 0 Å². The predicted octanol–water partition coefficient (Wildman–Crippen LogP) is 6.50. The molecule has 46 heavy (non-hydrogen) atoms. The molecule has 3 aromatic carbocycles. The minimum absolute atomic E-state index is 0.0985. The van der Waals surface area contributed by atoms with Crippen molar-refractivity contribution in [2.45, 2.75) is 57.3 Å². The second-order valence-electron chi connectivity index (χ2n) is 12.6. The first-order chi connectivity index (χ1) is 21.7. The highest BCUT2D eigenvalue weighted by molar-refractivity contribution is 7.92. The van der Waals surface area contributed by atoms with E-state index in [0.717, 1.165) is 38.5 Å². The Morgan fingerprint density at radius 1 is 0.848 bits per heavy atom. The average molecular weight is 637 g/mol. The van der Waals surface area contributed by atoms with E-state index in [4.69, 9.17) is 4.98 Å². The van der Waals surface area contributed by atoms with Gasteiger partial charge in [-0.25, -0.2) is 13.4 Å². The Balaban J connectivity index is 1.26. The molecule has 10 nitrogen and oxygen atoms in total. The number of pyridine rings is 2. The fourth-order valence-electron chi connectivity index (χ4n) is 5.43. The molecule has 6 rings (SSSR count). The average Bonchev–Trinajstić information content (AvgIpc) is 3.39. The number of fused-ring (bicyclic) bond motifs is 2. The SMILES string of the molecule is Cc1c(-c2nccc3cnc(Nc4ccc(S(=O)(=O)Nc5cccc(C(C)(C)O)c5)cc4)cc23)ccc2c1cnn2CC(C)(C)O. The molecule has 0 bridgehead atoms. The van der Waals surface area contributed by atoms with Gasteiger partial charge in [0.05, 0.1) is 40.0 Å². The van der Waals surface area contributed by atoms with Gasteiger partial charge in [0.1, 0.15) is 5.82 Å². The van der Waals surface area contributed by atoms with Gasteiger partial charge in [0.2, 0.25) is 0 Å². The number of aliphatic hydroxyl groups is 2. The Hall–Kier alpha value is -4.84. The van der Waals surface area contributed by atoms with Gasteiger partial charge in [0.15, 0.2) is 0 Å². The first kappa shape index (κ1) is 31.2. The number of nitrogens with zero attached hydrogens (tertiary/aromatic N) is 4. The minimum atomic E-state index is -3.86. The van der Waals surface area contributed by atoms with Crippen molar-refractivity contribution in [2.24, 2.45) is 0 Å². The Kier molecular flexibility index (Phi) is 7.79. The van der Waals surface area contributed by atoms with Gasteiger partial charge >= 0.3 is 0 Å². The summed E-state index contributed by atoms with van der Waals surface area (Å²) >= 11 is 0. The number of hydrogen-bond acceptors (Lipinski definition) is 8. The highest BCUT2D eigenvalue weighted by Crippen LogP contribution is 2.34. The zero-order chi connectivity index (χ0) is 32.9. The summed E-state index contributed by atoms with van der Waals surface area (Å²) in [6, 6.07) is 21.0. The molecule has 0 spiro atoms. The van der Waals surface area contributed by atoms with Crippen molar-refractivity contribution in [3.05, 3.63) is 103 Å². The van der Waals surface area contributed by atoms with Crippen LogP contribution in [0.2, 0.25) is 0 Å². The van der Waals surface area contributed by atoms with Crippen LogP contribution in [0.5, 0.6) is 0 Å². The van der Waals surface area contributed by atoms with E-state index < -0.39 is 21.2 Å². The van der Waals surface area contributed by atoms with Crippen molar-refractivity contribution in [1.82, 2.24) is 19.7 Å². The van der Waals surface area contributed by atoms with Crippen LogP contribution in [0.15, 0.2) is 96.3 Å². The molecule has 0 saturated heterocycles. The second-order valence-corrected chi connectivity index (χ2v) is 14.3. The molecule has 11 heteroatoms. The summed E-state index contributed by atoms with van der Waals surface area (Å²) in [5, 5.41) is 31.2. The maximum Gasteiger partial charge on any atom is 0.261 e. The van der Waals surface area contributed by atoms with E-state index in [1.807, 2.05) is 42.1 Å². The van der Waals surface area contributed by atoms with Crippen LogP contribution in [-0.4, -0.2) is 44.0 Å². The van der Waals surface area contributed by atoms with E-state index >= 15 is 0 Å². The molecule has 0 amide bonds. The summed E-state index contributed by atoms with van der Waals surface area (Å²) in [6.07, 6.45) is 5.37. The van der Waals surface area contributed by atoms with Crippen molar-refractivity contribution in [3.8, 4) is 11.3 Å². The summed E-state index contributed by atoms with van der Waals surface area (Å²) in [6.45, 7) is 9.23. The normalized spacial score (nSPS) is 12.5. The van der Waals surface area contributed by atoms with E-state index in [2.05, 4.69) is 20.1 Å². The second kappa shape index (κ2) is 11.5. The zero-order valence-electron chi connectivity index (χ0n) is 26.3. The van der Waals surface area contributed by atoms with Crippen LogP contribution in [0.3, 0.4) is 0 Å². The van der Waals surface area contributed by atoms with Gasteiger partial charge in [-0.2, -0.15) is 5.10 Å². The van der Waals surface area contributed by atoms with Crippen LogP contribution >= 0.6 is 0 Å². The van der Waals surface area contributed by atoms with Crippen molar-refractivity contribution in [2.75, 3.05) is 10.0 Å². The number of benzene rings is 3. The van der Waals surface area contributed by atoms with Crippen LogP contribution in [0, 0.1) is 6.92 Å². The van der Waals surface area contributed by atoms with Gasteiger partial charge in [-0.15, -0.1) is 0 Å². The van der Waals surface area contributed by atoms with Crippen molar-refractivity contribution >= 4 is 48.9 Å². The number of sulfonamides is 1. The number of anilines is 3. The molecular weight excluding hydrogens is 600 g/mol. The van der Waals surface area contributed by atoms with Gasteiger partial charge in [-0.3, -0.25) is 14.4 Å². The minimum Gasteiger partial charge on any atom is -0.389 e. The van der Waals surface area contributed by atoms with Crippen LogP contribution in [-0.2, 0) is 22.2 Å². The predicted molar refractivity (Wildman–Crippen MR) is 182 cm³/mol. The van der Waals surface area contributed by atoms with Gasteiger partial charge in [-0.1, -0.05) is 18.2 Å². The molecule has 0 radical (unpaired) electrons. The summed E-state index contributed by atoms with van der Waals surface area (Å²) < 4.78 is 30.6. The van der Waals surface area contributed by atoms with Gasteiger partial charge in [-0.05, 0) is 100 Å². The molecule has 0 aliphatic heterocycles. The van der Waals surface area contributed by atoms with Crippen LogP contribution in [0.1, 0.15) is 38.8 Å². The fourth-order valence-corrected chi connectivity index (χ4v) is 6.48. The Morgan fingerprint density at radius 3 is 2.33 bits per heavy atom. The van der Waals surface area contributed by atoms with E-state index in [9.17, 15) is 18.6 Å². The third-order valence-corrected chi connectivity index (χ3v) is 9.19. The lowest BCUT2D eigenvalue weighted by atomic mass is 9.98. The summed E-state index contributed by atoms with van der Waals surface area (Å²) in [7, 11) is -3.86. The fraction of sp³-hybridized carbons (Fsp3) is 0.229. The molecule has 0 aliphatic carbocycles. The summed E-state index contributed by atoms with van der Waals surface area (Å²) in [5.74, 6) is 0.579. The molecule has 0 saturated carbocycles. The molecule has 0 fully saturated rings. The smallest absolute Gasteiger partial charge is 0.261 e. The standard InChI is InChI=1S/C35H36N6O4S/c1-22-28(13-14-31-30(22)20-38-41(31)21-34(2,3)42)33-29-18-32(37-19-23(29)15-16-36-33)39-25-9-11-27(12-10-25)46(44,45)40-26-8-6-7-24(17-26)35(4,5)43/h6-20,40,42-43H,21H2,1-5H3,(H,37,39). The van der Waals surface area contributed by atoms with Crippen LogP contribution in [0.25, 0.3) is 32.9 Å². The third kappa shape index (κ3) is 6.43. The number of nitrogens with one attached hydrogen (secondary N) is 2. The topological polar surface area (TPSA) is 142 Å². The number of rotatable bonds is 9. The van der Waals surface area contributed by atoms with Crippen molar-refractivity contribution < 1.29 is 18.6 Å². The molecule has 6 aromatic rings. The first-order valence-corrected chi connectivity index (χ1v) is 16.3. The third-order valence-electron chi connectivity index (χ3n) is 7.79. The molecule has 0 aliphatic rings. The van der Waals surface area contributed by atoms with E-state index in [1.54, 1.807) is 76.5 Å². The lowest BCUT2D eigenvalue weighted by Gasteiger charge is -2.19. The maximum atomic E-state index is 13.1. The first-order valence-electron chi connectivity index (χ1n) is 14.8. The molecular formula is C35H36N6O4S. The van der Waals surface area contributed by atoms with E-state index in [1.165, 1.54) is 12.1 Å². The van der Waals surface area contributed by atoms with Gasteiger partial charge in [0, 0.05) is 45.5 Å². The van der Waals surface area contributed by atoms with Crippen LogP contribution < -0.4 is 10.0 Å². The van der Waals surface area contributed by atoms with E-state index in [0.29, 0.717) is 29.3 Å². The molecule has 3 heterocycles.